The van der Waals surface area contributed by atoms with Crippen LogP contribution in [0.1, 0.15) is 28.4 Å². The minimum absolute atomic E-state index is 0.106. The zero-order valence-corrected chi connectivity index (χ0v) is 10.2. The van der Waals surface area contributed by atoms with E-state index < -0.39 is 0 Å². The van der Waals surface area contributed by atoms with Gasteiger partial charge < -0.3 is 9.47 Å². The second kappa shape index (κ2) is 4.78. The summed E-state index contributed by atoms with van der Waals surface area (Å²) in [6, 6.07) is 5.46. The maximum atomic E-state index is 11.6. The number of hydrogen-bond donors (Lipinski definition) is 0. The van der Waals surface area contributed by atoms with Crippen LogP contribution in [0, 0.1) is 0 Å². The molecule has 86 valence electrons. The third-order valence-electron chi connectivity index (χ3n) is 2.66. The van der Waals surface area contributed by atoms with Crippen molar-refractivity contribution in [3.63, 3.8) is 0 Å². The third kappa shape index (κ3) is 2.02. The van der Waals surface area contributed by atoms with Crippen LogP contribution in [0.2, 0.25) is 0 Å². The van der Waals surface area contributed by atoms with Crippen LogP contribution in [0.25, 0.3) is 0 Å². The van der Waals surface area contributed by atoms with Crippen LogP contribution in [0.15, 0.2) is 18.2 Å². The number of cyclic esters (lactones) is 1. The molecule has 3 nitrogen and oxygen atoms in total. The molecule has 0 amide bonds. The Balaban J connectivity index is 2.27. The molecule has 1 aromatic rings. The second-order valence-corrected chi connectivity index (χ2v) is 4.61. The molecule has 0 spiro atoms. The van der Waals surface area contributed by atoms with Gasteiger partial charge in [-0.3, -0.25) is 0 Å². The Morgan fingerprint density at radius 2 is 2.31 bits per heavy atom. The Bertz CT molecular complexity index is 403. The predicted octanol–water partition coefficient (Wildman–Crippen LogP) is 2.66. The topological polar surface area (TPSA) is 35.5 Å². The van der Waals surface area contributed by atoms with Gasteiger partial charge in [0.2, 0.25) is 0 Å². The molecule has 16 heavy (non-hydrogen) atoms. The maximum absolute atomic E-state index is 11.6. The second-order valence-electron chi connectivity index (χ2n) is 3.63. The molecule has 1 heterocycles. The minimum atomic E-state index is -0.219. The van der Waals surface area contributed by atoms with Gasteiger partial charge >= 0.3 is 5.97 Å². The van der Waals surface area contributed by atoms with Gasteiger partial charge in [0, 0.05) is 5.56 Å². The minimum Gasteiger partial charge on any atom is -0.497 e. The summed E-state index contributed by atoms with van der Waals surface area (Å²) in [5, 5.41) is 0. The van der Waals surface area contributed by atoms with Crippen molar-refractivity contribution >= 4 is 17.7 Å². The van der Waals surface area contributed by atoms with Crippen molar-refractivity contribution in [1.82, 2.24) is 0 Å². The van der Waals surface area contributed by atoms with Crippen molar-refractivity contribution in [2.75, 3.05) is 19.1 Å². The molecule has 1 atom stereocenters. The van der Waals surface area contributed by atoms with Crippen molar-refractivity contribution in [2.45, 2.75) is 12.5 Å². The van der Waals surface area contributed by atoms with Gasteiger partial charge in [-0.1, -0.05) is 0 Å². The van der Waals surface area contributed by atoms with Crippen LogP contribution >= 0.6 is 11.8 Å². The van der Waals surface area contributed by atoms with Crippen LogP contribution in [0.4, 0.5) is 0 Å². The van der Waals surface area contributed by atoms with Gasteiger partial charge in [-0.2, -0.15) is 11.8 Å². The number of methoxy groups -OCH3 is 1. The number of carbonyl (C=O) groups excluding carboxylic acids is 1. The van der Waals surface area contributed by atoms with Gasteiger partial charge in [-0.25, -0.2) is 4.79 Å². The van der Waals surface area contributed by atoms with Crippen LogP contribution < -0.4 is 4.74 Å². The van der Waals surface area contributed by atoms with Crippen molar-refractivity contribution < 1.29 is 14.3 Å². The summed E-state index contributed by atoms with van der Waals surface area (Å²) in [6.07, 6.45) is 2.79. The SMILES string of the molecule is COc1ccc2c(c1)C(CCSC)OC2=O. The van der Waals surface area contributed by atoms with Gasteiger partial charge in [0.05, 0.1) is 12.7 Å². The van der Waals surface area contributed by atoms with Gasteiger partial charge in [0.15, 0.2) is 0 Å². The molecule has 0 bridgehead atoms. The van der Waals surface area contributed by atoms with Gasteiger partial charge in [-0.15, -0.1) is 0 Å². The molecule has 0 saturated carbocycles. The molecule has 1 unspecified atom stereocenters. The van der Waals surface area contributed by atoms with Gasteiger partial charge in [-0.05, 0) is 36.6 Å². The molecule has 0 aromatic heterocycles. The largest absolute Gasteiger partial charge is 0.497 e. The molecular formula is C12H14O3S. The smallest absolute Gasteiger partial charge is 0.339 e. The molecule has 1 aliphatic rings. The fraction of sp³-hybridized carbons (Fsp3) is 0.417. The van der Waals surface area contributed by atoms with E-state index in [2.05, 4.69) is 0 Å². The Morgan fingerprint density at radius 3 is 3.00 bits per heavy atom. The Morgan fingerprint density at radius 1 is 1.50 bits per heavy atom. The first-order valence-electron chi connectivity index (χ1n) is 5.14. The molecule has 0 fully saturated rings. The highest BCUT2D eigenvalue weighted by molar-refractivity contribution is 7.98. The Labute approximate surface area is 99.1 Å². The monoisotopic (exact) mass is 238 g/mol. The average molecular weight is 238 g/mol. The normalized spacial score (nSPS) is 18.1. The molecule has 1 aliphatic heterocycles. The molecular weight excluding hydrogens is 224 g/mol. The van der Waals surface area contributed by atoms with Crippen molar-refractivity contribution in [3.05, 3.63) is 29.3 Å². The van der Waals surface area contributed by atoms with E-state index >= 15 is 0 Å². The van der Waals surface area contributed by atoms with Crippen molar-refractivity contribution in [1.29, 1.82) is 0 Å². The highest BCUT2D eigenvalue weighted by Gasteiger charge is 2.30. The molecule has 0 N–H and O–H groups in total. The van der Waals surface area contributed by atoms with E-state index in [1.54, 1.807) is 31.0 Å². The molecule has 0 aliphatic carbocycles. The number of benzene rings is 1. The van der Waals surface area contributed by atoms with E-state index in [1.165, 1.54) is 0 Å². The van der Waals surface area contributed by atoms with Gasteiger partial charge in [0.1, 0.15) is 11.9 Å². The molecule has 0 radical (unpaired) electrons. The lowest BCUT2D eigenvalue weighted by atomic mass is 10.0. The highest BCUT2D eigenvalue weighted by atomic mass is 32.2. The van der Waals surface area contributed by atoms with Crippen LogP contribution in [0.5, 0.6) is 5.75 Å². The summed E-state index contributed by atoms with van der Waals surface area (Å²) in [7, 11) is 1.62. The van der Waals surface area contributed by atoms with E-state index in [9.17, 15) is 4.79 Å². The number of fused-ring (bicyclic) bond motifs is 1. The summed E-state index contributed by atoms with van der Waals surface area (Å²) in [6.45, 7) is 0. The number of rotatable bonds is 4. The van der Waals surface area contributed by atoms with Crippen LogP contribution in [-0.2, 0) is 4.74 Å². The summed E-state index contributed by atoms with van der Waals surface area (Å²) < 4.78 is 10.5. The number of ether oxygens (including phenoxy) is 2. The number of carbonyl (C=O) groups is 1. The first kappa shape index (κ1) is 11.3. The number of hydrogen-bond acceptors (Lipinski definition) is 4. The third-order valence-corrected chi connectivity index (χ3v) is 3.30. The highest BCUT2D eigenvalue weighted by Crippen LogP contribution is 2.35. The Hall–Kier alpha value is -1.16. The first-order valence-corrected chi connectivity index (χ1v) is 6.53. The van der Waals surface area contributed by atoms with Crippen LogP contribution in [-0.4, -0.2) is 25.1 Å². The maximum Gasteiger partial charge on any atom is 0.339 e. The van der Waals surface area contributed by atoms with Crippen LogP contribution in [0.3, 0.4) is 0 Å². The fourth-order valence-electron chi connectivity index (χ4n) is 1.82. The molecule has 2 rings (SSSR count). The summed E-state index contributed by atoms with van der Waals surface area (Å²) >= 11 is 1.75. The first-order chi connectivity index (χ1) is 7.76. The lowest BCUT2D eigenvalue weighted by Crippen LogP contribution is -1.99. The standard InChI is InChI=1S/C12H14O3S/c1-14-8-3-4-9-10(7-8)11(5-6-16-2)15-12(9)13/h3-4,7,11H,5-6H2,1-2H3. The summed E-state index contributed by atoms with van der Waals surface area (Å²) in [5.74, 6) is 1.53. The Kier molecular flexibility index (Phi) is 3.39. The fourth-order valence-corrected chi connectivity index (χ4v) is 2.27. The molecule has 0 saturated heterocycles. The van der Waals surface area contributed by atoms with E-state index in [0.29, 0.717) is 5.56 Å². The lowest BCUT2D eigenvalue weighted by Gasteiger charge is -2.10. The summed E-state index contributed by atoms with van der Waals surface area (Å²) in [5.41, 5.74) is 1.63. The van der Waals surface area contributed by atoms with E-state index in [4.69, 9.17) is 9.47 Å². The zero-order valence-electron chi connectivity index (χ0n) is 9.36. The zero-order chi connectivity index (χ0) is 11.5. The average Bonchev–Trinajstić information content (AvgIpc) is 2.63. The van der Waals surface area contributed by atoms with Gasteiger partial charge in [0.25, 0.3) is 0 Å². The van der Waals surface area contributed by atoms with Crippen molar-refractivity contribution in [3.8, 4) is 5.75 Å². The number of thioether (sulfide) groups is 1. The molecule has 4 heteroatoms. The number of esters is 1. The lowest BCUT2D eigenvalue weighted by molar-refractivity contribution is 0.0381. The van der Waals surface area contributed by atoms with E-state index in [1.807, 2.05) is 12.3 Å². The van der Waals surface area contributed by atoms with Crippen molar-refractivity contribution in [2.24, 2.45) is 0 Å². The van der Waals surface area contributed by atoms with E-state index in [-0.39, 0.29) is 12.1 Å². The molecule has 1 aromatic carbocycles. The summed E-state index contributed by atoms with van der Waals surface area (Å²) in [4.78, 5) is 11.6. The quantitative estimate of drug-likeness (QED) is 0.755. The predicted molar refractivity (Wildman–Crippen MR) is 64.1 cm³/mol. The van der Waals surface area contributed by atoms with E-state index in [0.717, 1.165) is 23.5 Å².